The molecule has 0 heterocycles. The Hall–Kier alpha value is -1.95. The van der Waals surface area contributed by atoms with Crippen molar-refractivity contribution >= 4 is 11.6 Å². The van der Waals surface area contributed by atoms with E-state index in [2.05, 4.69) is 11.2 Å². The van der Waals surface area contributed by atoms with E-state index in [-0.39, 0.29) is 12.3 Å². The van der Waals surface area contributed by atoms with Crippen LogP contribution in [0.15, 0.2) is 24.3 Å². The van der Waals surface area contributed by atoms with Gasteiger partial charge >= 0.3 is 0 Å². The number of para-hydroxylation sites is 1. The smallest absolute Gasteiger partial charge is 0.221 e. The van der Waals surface area contributed by atoms with E-state index in [4.69, 9.17) is 12.2 Å². The first-order chi connectivity index (χ1) is 6.74. The lowest BCUT2D eigenvalue weighted by Crippen LogP contribution is -2.15. The summed E-state index contributed by atoms with van der Waals surface area (Å²) in [5.41, 5.74) is 6.85. The van der Waals surface area contributed by atoms with Crippen LogP contribution < -0.4 is 11.1 Å². The van der Waals surface area contributed by atoms with Crippen LogP contribution in [0.3, 0.4) is 0 Å². The summed E-state index contributed by atoms with van der Waals surface area (Å²) in [7, 11) is 0. The van der Waals surface area contributed by atoms with Crippen molar-refractivity contribution in [2.45, 2.75) is 6.42 Å². The Kier molecular flexibility index (Phi) is 3.57. The summed E-state index contributed by atoms with van der Waals surface area (Å²) in [5.74, 6) is 2.12. The second-order valence-electron chi connectivity index (χ2n) is 2.86. The highest BCUT2D eigenvalue weighted by Gasteiger charge is 2.03. The lowest BCUT2D eigenvalue weighted by molar-refractivity contribution is -0.117. The van der Waals surface area contributed by atoms with Crippen LogP contribution in [0.25, 0.3) is 0 Å². The van der Waals surface area contributed by atoms with Gasteiger partial charge in [0.25, 0.3) is 0 Å². The predicted molar refractivity (Wildman–Crippen MR) is 56.7 cm³/mol. The molecule has 1 rings (SSSR count). The number of benzene rings is 1. The van der Waals surface area contributed by atoms with Gasteiger partial charge in [-0.15, -0.1) is 6.42 Å². The first kappa shape index (κ1) is 10.1. The molecule has 14 heavy (non-hydrogen) atoms. The maximum Gasteiger partial charge on any atom is 0.221 e. The van der Waals surface area contributed by atoms with Crippen LogP contribution >= 0.6 is 0 Å². The first-order valence-corrected chi connectivity index (χ1v) is 4.27. The third-order valence-electron chi connectivity index (χ3n) is 1.76. The van der Waals surface area contributed by atoms with Crippen LogP contribution in [0.5, 0.6) is 0 Å². The highest BCUT2D eigenvalue weighted by molar-refractivity contribution is 5.78. The van der Waals surface area contributed by atoms with Crippen molar-refractivity contribution in [2.75, 3.05) is 11.9 Å². The molecular weight excluding hydrogens is 176 g/mol. The highest BCUT2D eigenvalue weighted by Crippen LogP contribution is 2.14. The van der Waals surface area contributed by atoms with Crippen LogP contribution in [-0.2, 0) is 11.2 Å². The minimum atomic E-state index is -0.347. The van der Waals surface area contributed by atoms with E-state index in [0.717, 1.165) is 11.3 Å². The van der Waals surface area contributed by atoms with Gasteiger partial charge in [0.2, 0.25) is 5.91 Å². The second kappa shape index (κ2) is 4.93. The van der Waals surface area contributed by atoms with Gasteiger partial charge in [0.05, 0.1) is 13.0 Å². The summed E-state index contributed by atoms with van der Waals surface area (Å²) in [5, 5.41) is 3.02. The van der Waals surface area contributed by atoms with Gasteiger partial charge in [-0.2, -0.15) is 0 Å². The van der Waals surface area contributed by atoms with Crippen molar-refractivity contribution in [2.24, 2.45) is 5.73 Å². The highest BCUT2D eigenvalue weighted by atomic mass is 16.1. The summed E-state index contributed by atoms with van der Waals surface area (Å²) < 4.78 is 0. The van der Waals surface area contributed by atoms with E-state index in [9.17, 15) is 4.79 Å². The molecule has 3 heteroatoms. The molecule has 0 unspecified atom stereocenters. The maximum atomic E-state index is 10.7. The molecule has 0 fully saturated rings. The van der Waals surface area contributed by atoms with E-state index >= 15 is 0 Å². The fraction of sp³-hybridized carbons (Fsp3) is 0.182. The maximum absolute atomic E-state index is 10.7. The monoisotopic (exact) mass is 188 g/mol. The molecule has 0 bridgehead atoms. The number of amides is 1. The molecule has 0 aliphatic rings. The lowest BCUT2D eigenvalue weighted by atomic mass is 10.1. The minimum absolute atomic E-state index is 0.230. The number of hydrogen-bond donors (Lipinski definition) is 2. The van der Waals surface area contributed by atoms with Gasteiger partial charge in [-0.3, -0.25) is 4.79 Å². The zero-order chi connectivity index (χ0) is 10.4. The number of nitrogens with two attached hydrogens (primary N) is 1. The van der Waals surface area contributed by atoms with Crippen molar-refractivity contribution in [3.8, 4) is 12.3 Å². The van der Waals surface area contributed by atoms with Gasteiger partial charge < -0.3 is 11.1 Å². The number of nitrogens with one attached hydrogen (secondary N) is 1. The van der Waals surface area contributed by atoms with Crippen LogP contribution in [-0.4, -0.2) is 12.5 Å². The Labute approximate surface area is 83.3 Å². The average Bonchev–Trinajstić information content (AvgIpc) is 2.16. The quantitative estimate of drug-likeness (QED) is 0.685. The molecule has 3 N–H and O–H groups in total. The molecule has 3 nitrogen and oxygen atoms in total. The van der Waals surface area contributed by atoms with Gasteiger partial charge in [0, 0.05) is 5.69 Å². The zero-order valence-electron chi connectivity index (χ0n) is 7.79. The molecule has 1 aromatic carbocycles. The predicted octanol–water partition coefficient (Wildman–Crippen LogP) is 0.760. The molecule has 0 aliphatic carbocycles. The normalized spacial score (nSPS) is 9.07. The summed E-state index contributed by atoms with van der Waals surface area (Å²) in [4.78, 5) is 10.7. The average molecular weight is 188 g/mol. The Balaban J connectivity index is 2.81. The van der Waals surface area contributed by atoms with E-state index in [1.54, 1.807) is 0 Å². The van der Waals surface area contributed by atoms with Gasteiger partial charge in [-0.05, 0) is 11.6 Å². The summed E-state index contributed by atoms with van der Waals surface area (Å²) in [6.07, 6.45) is 5.35. The first-order valence-electron chi connectivity index (χ1n) is 4.27. The topological polar surface area (TPSA) is 55.1 Å². The Morgan fingerprint density at radius 1 is 1.50 bits per heavy atom. The molecule has 0 aliphatic heterocycles. The molecule has 0 radical (unpaired) electrons. The summed E-state index contributed by atoms with van der Waals surface area (Å²) in [6, 6.07) is 7.46. The van der Waals surface area contributed by atoms with Crippen molar-refractivity contribution in [1.29, 1.82) is 0 Å². The van der Waals surface area contributed by atoms with Gasteiger partial charge in [-0.25, -0.2) is 0 Å². The number of rotatable bonds is 4. The number of anilines is 1. The van der Waals surface area contributed by atoms with E-state index in [0.29, 0.717) is 6.54 Å². The number of carbonyl (C=O) groups excluding carboxylic acids is 1. The molecule has 0 aromatic heterocycles. The molecule has 0 saturated heterocycles. The number of carbonyl (C=O) groups is 1. The Bertz CT molecular complexity index is 366. The van der Waals surface area contributed by atoms with Crippen molar-refractivity contribution in [3.63, 3.8) is 0 Å². The third kappa shape index (κ3) is 2.83. The summed E-state index contributed by atoms with van der Waals surface area (Å²) in [6.45, 7) is 0.440. The fourth-order valence-corrected chi connectivity index (χ4v) is 1.18. The van der Waals surface area contributed by atoms with Crippen molar-refractivity contribution in [3.05, 3.63) is 29.8 Å². The number of terminal acetylenes is 1. The SMILES string of the molecule is C#CCNc1ccccc1CC(N)=O. The molecule has 0 spiro atoms. The molecule has 1 aromatic rings. The van der Waals surface area contributed by atoms with Crippen LogP contribution in [0.4, 0.5) is 5.69 Å². The molecule has 1 amide bonds. The summed E-state index contributed by atoms with van der Waals surface area (Å²) >= 11 is 0. The molecular formula is C11H12N2O. The van der Waals surface area contributed by atoms with E-state index in [1.165, 1.54) is 0 Å². The van der Waals surface area contributed by atoms with Crippen LogP contribution in [0.1, 0.15) is 5.56 Å². The number of primary amides is 1. The van der Waals surface area contributed by atoms with E-state index in [1.807, 2.05) is 24.3 Å². The Morgan fingerprint density at radius 3 is 2.86 bits per heavy atom. The van der Waals surface area contributed by atoms with Crippen molar-refractivity contribution in [1.82, 2.24) is 0 Å². The molecule has 0 saturated carbocycles. The molecule has 0 atom stereocenters. The lowest BCUT2D eigenvalue weighted by Gasteiger charge is -2.07. The van der Waals surface area contributed by atoms with Gasteiger partial charge in [-0.1, -0.05) is 24.1 Å². The zero-order valence-corrected chi connectivity index (χ0v) is 7.79. The molecule has 72 valence electrons. The van der Waals surface area contributed by atoms with Crippen molar-refractivity contribution < 1.29 is 4.79 Å². The van der Waals surface area contributed by atoms with Crippen LogP contribution in [0, 0.1) is 12.3 Å². The standard InChI is InChI=1S/C11H12N2O/c1-2-7-13-10-6-4-3-5-9(10)8-11(12)14/h1,3-6,13H,7-8H2,(H2,12,14). The largest absolute Gasteiger partial charge is 0.374 e. The Morgan fingerprint density at radius 2 is 2.21 bits per heavy atom. The van der Waals surface area contributed by atoms with Crippen LogP contribution in [0.2, 0.25) is 0 Å². The second-order valence-corrected chi connectivity index (χ2v) is 2.86. The van der Waals surface area contributed by atoms with Gasteiger partial charge in [0.1, 0.15) is 0 Å². The fourth-order valence-electron chi connectivity index (χ4n) is 1.18. The minimum Gasteiger partial charge on any atom is -0.374 e. The number of hydrogen-bond acceptors (Lipinski definition) is 2. The third-order valence-corrected chi connectivity index (χ3v) is 1.76. The van der Waals surface area contributed by atoms with E-state index < -0.39 is 0 Å². The van der Waals surface area contributed by atoms with Gasteiger partial charge in [0.15, 0.2) is 0 Å².